The number of unbranched alkanes of at least 4 members (excludes halogenated alkanes) is 1. The predicted octanol–water partition coefficient (Wildman–Crippen LogP) is 6.63. The molecule has 0 heterocycles. The molecule has 4 unspecified atom stereocenters. The van der Waals surface area contributed by atoms with E-state index in [1.165, 1.54) is 32.1 Å². The lowest BCUT2D eigenvalue weighted by atomic mass is 9.69. The monoisotopic (exact) mass is 460 g/mol. The molecule has 7 atom stereocenters. The summed E-state index contributed by atoms with van der Waals surface area (Å²) in [4.78, 5) is 27.1. The fourth-order valence-corrected chi connectivity index (χ4v) is 7.70. The Morgan fingerprint density at radius 2 is 1.73 bits per heavy atom. The minimum Gasteiger partial charge on any atom is -0.300 e. The molecule has 2 N–H and O–H groups in total. The Kier molecular flexibility index (Phi) is 8.53. The fourth-order valence-electron chi connectivity index (χ4n) is 7.70. The van der Waals surface area contributed by atoms with Crippen molar-refractivity contribution in [2.75, 3.05) is 0 Å². The number of ketones is 2. The third-order valence-electron chi connectivity index (χ3n) is 10.7. The van der Waals surface area contributed by atoms with Crippen molar-refractivity contribution in [1.82, 2.24) is 10.9 Å². The van der Waals surface area contributed by atoms with Crippen LogP contribution in [0.4, 0.5) is 0 Å². The number of nitrogens with one attached hydrogen (secondary N) is 2. The topological polar surface area (TPSA) is 58.2 Å². The SMILES string of the molecule is CCCCC(C)(CC)C(NNC1(CC)CCCCC1)C(=O)C1C[C@H]2[C@@H]([C@H]1C(C)=O)C2(C)CC. The average molecular weight is 461 g/mol. The molecule has 0 aromatic heterocycles. The van der Waals surface area contributed by atoms with Crippen LogP contribution in [0.25, 0.3) is 0 Å². The van der Waals surface area contributed by atoms with Gasteiger partial charge in [0.1, 0.15) is 5.78 Å². The fraction of sp³-hybridized carbons (Fsp3) is 0.931. The van der Waals surface area contributed by atoms with Gasteiger partial charge in [-0.3, -0.25) is 15.0 Å². The Hall–Kier alpha value is -0.740. The van der Waals surface area contributed by atoms with Gasteiger partial charge in [0.2, 0.25) is 0 Å². The molecule has 0 saturated heterocycles. The Morgan fingerprint density at radius 1 is 1.06 bits per heavy atom. The van der Waals surface area contributed by atoms with E-state index in [-0.39, 0.29) is 40.0 Å². The van der Waals surface area contributed by atoms with Crippen molar-refractivity contribution >= 4 is 11.6 Å². The molecular weight excluding hydrogens is 408 g/mol. The largest absolute Gasteiger partial charge is 0.300 e. The molecule has 0 aliphatic heterocycles. The lowest BCUT2D eigenvalue weighted by molar-refractivity contribution is -0.136. The summed E-state index contributed by atoms with van der Waals surface area (Å²) < 4.78 is 0. The molecule has 0 spiro atoms. The number of hydrazine groups is 1. The lowest BCUT2D eigenvalue weighted by Crippen LogP contribution is -2.62. The zero-order valence-corrected chi connectivity index (χ0v) is 22.7. The maximum absolute atomic E-state index is 14.3. The van der Waals surface area contributed by atoms with Crippen LogP contribution < -0.4 is 10.9 Å². The summed E-state index contributed by atoms with van der Waals surface area (Å²) in [6, 6.07) is -0.239. The first-order chi connectivity index (χ1) is 15.6. The summed E-state index contributed by atoms with van der Waals surface area (Å²) in [7, 11) is 0. The van der Waals surface area contributed by atoms with Gasteiger partial charge >= 0.3 is 0 Å². The number of hydrogen-bond donors (Lipinski definition) is 2. The van der Waals surface area contributed by atoms with Crippen LogP contribution in [0, 0.1) is 34.5 Å². The zero-order valence-electron chi connectivity index (χ0n) is 22.7. The Labute approximate surface area is 203 Å². The van der Waals surface area contributed by atoms with Crippen LogP contribution >= 0.6 is 0 Å². The van der Waals surface area contributed by atoms with Gasteiger partial charge in [0, 0.05) is 17.4 Å². The van der Waals surface area contributed by atoms with E-state index in [2.05, 4.69) is 52.4 Å². The summed E-state index contributed by atoms with van der Waals surface area (Å²) in [6.45, 7) is 15.3. The molecule has 4 nitrogen and oxygen atoms in total. The quantitative estimate of drug-likeness (QED) is 0.303. The second kappa shape index (κ2) is 10.5. The highest BCUT2D eigenvalue weighted by atomic mass is 16.1. The van der Waals surface area contributed by atoms with E-state index in [4.69, 9.17) is 0 Å². The molecule has 3 aliphatic rings. The van der Waals surface area contributed by atoms with Crippen molar-refractivity contribution in [3.05, 3.63) is 0 Å². The first kappa shape index (κ1) is 26.9. The molecule has 3 rings (SSSR count). The third-order valence-corrected chi connectivity index (χ3v) is 10.7. The molecule has 0 aromatic rings. The molecule has 0 radical (unpaired) electrons. The molecule has 3 saturated carbocycles. The smallest absolute Gasteiger partial charge is 0.155 e. The Balaban J connectivity index is 1.85. The van der Waals surface area contributed by atoms with Crippen LogP contribution in [0.1, 0.15) is 126 Å². The molecule has 0 bridgehead atoms. The number of carbonyl (C=O) groups excluding carboxylic acids is 2. The highest BCUT2D eigenvalue weighted by Crippen LogP contribution is 2.72. The maximum atomic E-state index is 14.3. The van der Waals surface area contributed by atoms with E-state index in [0.717, 1.165) is 44.9 Å². The molecule has 4 heteroatoms. The summed E-state index contributed by atoms with van der Waals surface area (Å²) in [5.74, 6) is 1.28. The summed E-state index contributed by atoms with van der Waals surface area (Å²) in [6.07, 6.45) is 13.6. The van der Waals surface area contributed by atoms with Crippen molar-refractivity contribution in [3.63, 3.8) is 0 Å². The number of carbonyl (C=O) groups is 2. The van der Waals surface area contributed by atoms with Crippen molar-refractivity contribution in [2.24, 2.45) is 34.5 Å². The molecular formula is C29H52N2O2. The number of fused-ring (bicyclic) bond motifs is 1. The molecule has 33 heavy (non-hydrogen) atoms. The molecule has 3 aliphatic carbocycles. The van der Waals surface area contributed by atoms with Gasteiger partial charge < -0.3 is 0 Å². The lowest BCUT2D eigenvalue weighted by Gasteiger charge is -2.44. The van der Waals surface area contributed by atoms with Crippen LogP contribution in [-0.2, 0) is 9.59 Å². The second-order valence-electron chi connectivity index (χ2n) is 12.4. The van der Waals surface area contributed by atoms with Gasteiger partial charge in [-0.15, -0.1) is 0 Å². The number of rotatable bonds is 13. The summed E-state index contributed by atoms with van der Waals surface area (Å²) in [5.41, 5.74) is 7.66. The minimum atomic E-state index is -0.239. The standard InChI is InChI=1S/C29H52N2O2/c1-8-12-16-27(6,9-2)26(30-31-29(11-4)17-14-13-15-18-29)25(33)21-19-22-24(23(21)20(5)32)28(22,7)10-3/h21-24,26,30-31H,8-19H2,1-7H3/t21?,22-,23-,24-,26?,27?,28?/m0/s1. The van der Waals surface area contributed by atoms with E-state index in [1.807, 2.05) is 0 Å². The third kappa shape index (κ3) is 4.99. The highest BCUT2D eigenvalue weighted by molar-refractivity contribution is 5.93. The maximum Gasteiger partial charge on any atom is 0.155 e. The van der Waals surface area contributed by atoms with Gasteiger partial charge in [0.05, 0.1) is 6.04 Å². The highest BCUT2D eigenvalue weighted by Gasteiger charge is 2.70. The van der Waals surface area contributed by atoms with E-state index in [1.54, 1.807) is 6.92 Å². The van der Waals surface area contributed by atoms with Crippen LogP contribution in [0.5, 0.6) is 0 Å². The predicted molar refractivity (Wildman–Crippen MR) is 137 cm³/mol. The van der Waals surface area contributed by atoms with Gasteiger partial charge in [-0.05, 0) is 68.1 Å². The van der Waals surface area contributed by atoms with Gasteiger partial charge in [0.15, 0.2) is 5.78 Å². The van der Waals surface area contributed by atoms with Crippen LogP contribution in [0.2, 0.25) is 0 Å². The van der Waals surface area contributed by atoms with Gasteiger partial charge in [-0.1, -0.05) is 80.1 Å². The first-order valence-corrected chi connectivity index (χ1v) is 14.2. The number of hydrogen-bond acceptors (Lipinski definition) is 4. The summed E-state index contributed by atoms with van der Waals surface area (Å²) in [5, 5.41) is 0. The number of Topliss-reactive ketones (excluding diaryl/α,β-unsaturated/α-hetero) is 2. The van der Waals surface area contributed by atoms with Crippen molar-refractivity contribution in [2.45, 2.75) is 137 Å². The zero-order chi connectivity index (χ0) is 24.4. The van der Waals surface area contributed by atoms with Gasteiger partial charge in [-0.2, -0.15) is 0 Å². The van der Waals surface area contributed by atoms with E-state index in [0.29, 0.717) is 17.6 Å². The first-order valence-electron chi connectivity index (χ1n) is 14.2. The Bertz CT molecular complexity index is 700. The second-order valence-corrected chi connectivity index (χ2v) is 12.4. The van der Waals surface area contributed by atoms with Crippen LogP contribution in [0.3, 0.4) is 0 Å². The van der Waals surface area contributed by atoms with Crippen molar-refractivity contribution in [1.29, 1.82) is 0 Å². The van der Waals surface area contributed by atoms with Gasteiger partial charge in [0.25, 0.3) is 0 Å². The molecule has 0 aromatic carbocycles. The van der Waals surface area contributed by atoms with E-state index >= 15 is 0 Å². The van der Waals surface area contributed by atoms with Crippen LogP contribution in [-0.4, -0.2) is 23.1 Å². The average Bonchev–Trinajstić information content (AvgIpc) is 3.18. The van der Waals surface area contributed by atoms with Crippen LogP contribution in [0.15, 0.2) is 0 Å². The van der Waals surface area contributed by atoms with Crippen molar-refractivity contribution < 1.29 is 9.59 Å². The minimum absolute atomic E-state index is 0.0844. The molecule has 3 fully saturated rings. The van der Waals surface area contributed by atoms with Crippen molar-refractivity contribution in [3.8, 4) is 0 Å². The summed E-state index contributed by atoms with van der Waals surface area (Å²) >= 11 is 0. The molecule has 0 amide bonds. The van der Waals surface area contributed by atoms with E-state index in [9.17, 15) is 9.59 Å². The normalized spacial score (nSPS) is 35.5. The van der Waals surface area contributed by atoms with E-state index < -0.39 is 0 Å². The van der Waals surface area contributed by atoms with Gasteiger partial charge in [-0.25, -0.2) is 5.43 Å². The Morgan fingerprint density at radius 3 is 2.24 bits per heavy atom. The molecule has 190 valence electrons.